The molecule has 0 saturated carbocycles. The van der Waals surface area contributed by atoms with E-state index in [0.29, 0.717) is 0 Å². The molecule has 0 radical (unpaired) electrons. The molecule has 2 N–H and O–H groups in total. The van der Waals surface area contributed by atoms with Crippen LogP contribution in [-0.4, -0.2) is 14.7 Å². The molecule has 0 fully saturated rings. The van der Waals surface area contributed by atoms with E-state index in [0.717, 1.165) is 10.0 Å². The Morgan fingerprint density at radius 3 is 2.56 bits per heavy atom. The number of nitro groups is 1. The largest absolute Gasteiger partial charge is 0.378 e. The van der Waals surface area contributed by atoms with Gasteiger partial charge in [-0.2, -0.15) is 5.10 Å². The molecule has 2 rings (SSSR count). The van der Waals surface area contributed by atoms with E-state index in [2.05, 4.69) is 21.0 Å². The van der Waals surface area contributed by atoms with Crippen molar-refractivity contribution in [2.75, 3.05) is 5.73 Å². The van der Waals surface area contributed by atoms with Crippen LogP contribution in [-0.2, 0) is 0 Å². The van der Waals surface area contributed by atoms with Crippen molar-refractivity contribution in [1.82, 2.24) is 9.78 Å². The SMILES string of the molecule is CC(c1ccc(Br)cc1)n1ncc([N+](=O)[O-])c1N. The maximum Gasteiger partial charge on any atom is 0.330 e. The van der Waals surface area contributed by atoms with Gasteiger partial charge in [-0.1, -0.05) is 28.1 Å². The van der Waals surface area contributed by atoms with Crippen molar-refractivity contribution in [2.45, 2.75) is 13.0 Å². The minimum Gasteiger partial charge on any atom is -0.378 e. The van der Waals surface area contributed by atoms with Gasteiger partial charge in [-0.25, -0.2) is 4.68 Å². The first-order chi connectivity index (χ1) is 8.50. The summed E-state index contributed by atoms with van der Waals surface area (Å²) in [5.74, 6) is 0.0652. The molecule has 0 aliphatic heterocycles. The van der Waals surface area contributed by atoms with Gasteiger partial charge in [0.25, 0.3) is 0 Å². The number of benzene rings is 1. The van der Waals surface area contributed by atoms with Gasteiger partial charge >= 0.3 is 5.69 Å². The Bertz CT molecular complexity index is 579. The maximum absolute atomic E-state index is 10.7. The summed E-state index contributed by atoms with van der Waals surface area (Å²) in [6.45, 7) is 1.89. The summed E-state index contributed by atoms with van der Waals surface area (Å²) >= 11 is 3.35. The molecule has 1 aromatic carbocycles. The van der Waals surface area contributed by atoms with Crippen LogP contribution in [0.1, 0.15) is 18.5 Å². The van der Waals surface area contributed by atoms with Gasteiger partial charge in [0.15, 0.2) is 0 Å². The van der Waals surface area contributed by atoms with Crippen LogP contribution in [0.25, 0.3) is 0 Å². The first-order valence-corrected chi connectivity index (χ1v) is 6.03. The lowest BCUT2D eigenvalue weighted by Crippen LogP contribution is -2.11. The minimum absolute atomic E-state index is 0.0652. The molecule has 0 amide bonds. The van der Waals surface area contributed by atoms with Crippen LogP contribution in [0.15, 0.2) is 34.9 Å². The summed E-state index contributed by atoms with van der Waals surface area (Å²) in [4.78, 5) is 10.2. The molecule has 0 aliphatic rings. The van der Waals surface area contributed by atoms with Crippen LogP contribution in [0.2, 0.25) is 0 Å². The highest BCUT2D eigenvalue weighted by Crippen LogP contribution is 2.27. The number of aromatic nitrogens is 2. The molecule has 6 nitrogen and oxygen atoms in total. The lowest BCUT2D eigenvalue weighted by Gasteiger charge is -2.13. The van der Waals surface area contributed by atoms with Gasteiger partial charge in [-0.15, -0.1) is 0 Å². The fourth-order valence-corrected chi connectivity index (χ4v) is 1.96. The Balaban J connectivity index is 2.37. The fraction of sp³-hybridized carbons (Fsp3) is 0.182. The Labute approximate surface area is 112 Å². The van der Waals surface area contributed by atoms with E-state index in [1.54, 1.807) is 0 Å². The molecule has 94 valence electrons. The Kier molecular flexibility index (Phi) is 3.33. The smallest absolute Gasteiger partial charge is 0.330 e. The fourth-order valence-electron chi connectivity index (χ4n) is 1.69. The first-order valence-electron chi connectivity index (χ1n) is 5.23. The van der Waals surface area contributed by atoms with E-state index in [1.165, 1.54) is 10.9 Å². The number of nitrogens with two attached hydrogens (primary N) is 1. The van der Waals surface area contributed by atoms with E-state index in [-0.39, 0.29) is 17.5 Å². The summed E-state index contributed by atoms with van der Waals surface area (Å²) < 4.78 is 2.42. The van der Waals surface area contributed by atoms with Gasteiger partial charge in [0.2, 0.25) is 5.82 Å². The molecule has 1 aromatic heterocycles. The molecular formula is C11H11BrN4O2. The van der Waals surface area contributed by atoms with Crippen molar-refractivity contribution in [3.8, 4) is 0 Å². The molecule has 1 atom stereocenters. The monoisotopic (exact) mass is 310 g/mol. The molecule has 0 bridgehead atoms. The van der Waals surface area contributed by atoms with Crippen LogP contribution in [0.3, 0.4) is 0 Å². The van der Waals surface area contributed by atoms with Gasteiger partial charge in [0.1, 0.15) is 6.20 Å². The third kappa shape index (κ3) is 2.21. The lowest BCUT2D eigenvalue weighted by atomic mass is 10.1. The average Bonchev–Trinajstić information content (AvgIpc) is 2.71. The number of hydrogen-bond donors (Lipinski definition) is 1. The number of halogens is 1. The molecule has 1 unspecified atom stereocenters. The van der Waals surface area contributed by atoms with Crippen molar-refractivity contribution >= 4 is 27.4 Å². The third-order valence-corrected chi connectivity index (χ3v) is 3.26. The average molecular weight is 311 g/mol. The minimum atomic E-state index is -0.535. The van der Waals surface area contributed by atoms with Crippen molar-refractivity contribution < 1.29 is 4.92 Å². The molecule has 0 saturated heterocycles. The topological polar surface area (TPSA) is 87.0 Å². The van der Waals surface area contributed by atoms with Gasteiger partial charge < -0.3 is 5.73 Å². The van der Waals surface area contributed by atoms with E-state index in [1.807, 2.05) is 31.2 Å². The molecule has 7 heteroatoms. The Morgan fingerprint density at radius 2 is 2.06 bits per heavy atom. The standard InChI is InChI=1S/C11H11BrN4O2/c1-7(8-2-4-9(12)5-3-8)15-11(13)10(6-14-15)16(17)18/h2-7H,13H2,1H3. The predicted octanol–water partition coefficient (Wildman–Crippen LogP) is 2.75. The number of anilines is 1. The zero-order valence-electron chi connectivity index (χ0n) is 9.58. The van der Waals surface area contributed by atoms with E-state index < -0.39 is 4.92 Å². The zero-order valence-corrected chi connectivity index (χ0v) is 11.2. The summed E-state index contributed by atoms with van der Waals surface area (Å²) in [5.41, 5.74) is 6.53. The normalized spacial score (nSPS) is 12.3. The van der Waals surface area contributed by atoms with Crippen LogP contribution >= 0.6 is 15.9 Å². The molecule has 0 spiro atoms. The van der Waals surface area contributed by atoms with Crippen LogP contribution in [0.5, 0.6) is 0 Å². The second-order valence-corrected chi connectivity index (χ2v) is 4.76. The van der Waals surface area contributed by atoms with Gasteiger partial charge in [-0.3, -0.25) is 10.1 Å². The molecule has 2 aromatic rings. The Hall–Kier alpha value is -1.89. The second-order valence-electron chi connectivity index (χ2n) is 3.84. The summed E-state index contributed by atoms with van der Waals surface area (Å²) in [5, 5.41) is 14.7. The second kappa shape index (κ2) is 4.77. The maximum atomic E-state index is 10.7. The van der Waals surface area contributed by atoms with E-state index in [9.17, 15) is 10.1 Å². The van der Waals surface area contributed by atoms with Crippen molar-refractivity contribution in [3.63, 3.8) is 0 Å². The lowest BCUT2D eigenvalue weighted by molar-refractivity contribution is -0.384. The number of nitrogens with zero attached hydrogens (tertiary/aromatic N) is 3. The van der Waals surface area contributed by atoms with E-state index in [4.69, 9.17) is 5.73 Å². The van der Waals surface area contributed by atoms with Crippen molar-refractivity contribution in [1.29, 1.82) is 0 Å². The molecule has 1 heterocycles. The molecule has 0 aliphatic carbocycles. The number of rotatable bonds is 3. The summed E-state index contributed by atoms with van der Waals surface area (Å²) in [6.07, 6.45) is 1.17. The quantitative estimate of drug-likeness (QED) is 0.697. The van der Waals surface area contributed by atoms with Crippen LogP contribution < -0.4 is 5.73 Å². The molecular weight excluding hydrogens is 300 g/mol. The summed E-state index contributed by atoms with van der Waals surface area (Å²) in [7, 11) is 0. The highest BCUT2D eigenvalue weighted by molar-refractivity contribution is 9.10. The van der Waals surface area contributed by atoms with Gasteiger partial charge in [0.05, 0.1) is 11.0 Å². The van der Waals surface area contributed by atoms with Gasteiger partial charge in [-0.05, 0) is 24.6 Å². The Morgan fingerprint density at radius 1 is 1.44 bits per heavy atom. The predicted molar refractivity (Wildman–Crippen MR) is 71.2 cm³/mol. The van der Waals surface area contributed by atoms with E-state index >= 15 is 0 Å². The van der Waals surface area contributed by atoms with Crippen molar-refractivity contribution in [2.24, 2.45) is 0 Å². The summed E-state index contributed by atoms with van der Waals surface area (Å²) in [6, 6.07) is 7.48. The van der Waals surface area contributed by atoms with Crippen molar-refractivity contribution in [3.05, 3.63) is 50.6 Å². The third-order valence-electron chi connectivity index (χ3n) is 2.73. The number of hydrogen-bond acceptors (Lipinski definition) is 4. The molecule has 18 heavy (non-hydrogen) atoms. The van der Waals surface area contributed by atoms with Crippen LogP contribution in [0, 0.1) is 10.1 Å². The van der Waals surface area contributed by atoms with Crippen LogP contribution in [0.4, 0.5) is 11.5 Å². The van der Waals surface area contributed by atoms with Gasteiger partial charge in [0, 0.05) is 4.47 Å². The zero-order chi connectivity index (χ0) is 13.3. The number of nitrogen functional groups attached to an aromatic ring is 1. The highest BCUT2D eigenvalue weighted by Gasteiger charge is 2.21. The first kappa shape index (κ1) is 12.6. The highest BCUT2D eigenvalue weighted by atomic mass is 79.9.